The highest BCUT2D eigenvalue weighted by Gasteiger charge is 2.23. The van der Waals surface area contributed by atoms with Gasteiger partial charge in [0.15, 0.2) is 0 Å². The summed E-state index contributed by atoms with van der Waals surface area (Å²) in [6.07, 6.45) is 4.09. The third kappa shape index (κ3) is 3.89. The summed E-state index contributed by atoms with van der Waals surface area (Å²) in [5.74, 6) is 1.70. The number of piperidine rings is 1. The Kier molecular flexibility index (Phi) is 4.76. The van der Waals surface area contributed by atoms with Gasteiger partial charge >= 0.3 is 0 Å². The Balaban J connectivity index is 1.42. The van der Waals surface area contributed by atoms with E-state index in [1.165, 1.54) is 12.0 Å². The summed E-state index contributed by atoms with van der Waals surface area (Å²) < 4.78 is 5.42. The highest BCUT2D eigenvalue weighted by molar-refractivity contribution is 6.30. The van der Waals surface area contributed by atoms with Crippen LogP contribution in [0.2, 0.25) is 5.02 Å². The fraction of sp³-hybridized carbons (Fsp3) is 0.316. The molecule has 1 fully saturated rings. The van der Waals surface area contributed by atoms with Crippen molar-refractivity contribution < 1.29 is 4.52 Å². The highest BCUT2D eigenvalue weighted by atomic mass is 35.5. The molecule has 3 aromatic rings. The molecule has 2 aromatic heterocycles. The SMILES string of the molecule is Clc1ccc(C2CCCN(Cc3nc(-c4ccccn4)no3)C2)cc1. The first-order chi connectivity index (χ1) is 12.3. The number of benzene rings is 1. The van der Waals surface area contributed by atoms with E-state index in [-0.39, 0.29) is 0 Å². The largest absolute Gasteiger partial charge is 0.337 e. The molecule has 0 aliphatic carbocycles. The smallest absolute Gasteiger partial charge is 0.241 e. The van der Waals surface area contributed by atoms with Crippen molar-refractivity contribution in [3.05, 3.63) is 65.1 Å². The molecule has 25 heavy (non-hydrogen) atoms. The van der Waals surface area contributed by atoms with E-state index in [0.717, 1.165) is 30.2 Å². The maximum atomic E-state index is 6.00. The zero-order chi connectivity index (χ0) is 17.1. The fourth-order valence-corrected chi connectivity index (χ4v) is 3.44. The molecule has 0 spiro atoms. The lowest BCUT2D eigenvalue weighted by molar-refractivity contribution is 0.177. The molecule has 0 radical (unpaired) electrons. The van der Waals surface area contributed by atoms with E-state index in [2.05, 4.69) is 32.2 Å². The molecule has 3 heterocycles. The van der Waals surface area contributed by atoms with Gasteiger partial charge < -0.3 is 4.52 Å². The Morgan fingerprint density at radius 2 is 2.04 bits per heavy atom. The van der Waals surface area contributed by atoms with Gasteiger partial charge in [-0.3, -0.25) is 9.88 Å². The van der Waals surface area contributed by atoms with Crippen LogP contribution in [0.5, 0.6) is 0 Å². The minimum absolute atomic E-state index is 0.518. The van der Waals surface area contributed by atoms with Gasteiger partial charge in [-0.1, -0.05) is 35.0 Å². The van der Waals surface area contributed by atoms with Crippen LogP contribution in [0.15, 0.2) is 53.2 Å². The van der Waals surface area contributed by atoms with Crippen LogP contribution < -0.4 is 0 Å². The number of nitrogens with zero attached hydrogens (tertiary/aromatic N) is 4. The van der Waals surface area contributed by atoms with Crippen molar-refractivity contribution >= 4 is 11.6 Å². The maximum Gasteiger partial charge on any atom is 0.241 e. The van der Waals surface area contributed by atoms with E-state index in [1.807, 2.05) is 30.3 Å². The molecular weight excluding hydrogens is 336 g/mol. The zero-order valence-corrected chi connectivity index (χ0v) is 14.6. The van der Waals surface area contributed by atoms with Crippen LogP contribution in [-0.4, -0.2) is 33.1 Å². The molecular formula is C19H19ClN4O. The van der Waals surface area contributed by atoms with Crippen molar-refractivity contribution in [1.29, 1.82) is 0 Å². The molecule has 1 unspecified atom stereocenters. The van der Waals surface area contributed by atoms with Gasteiger partial charge in [-0.05, 0) is 55.1 Å². The molecule has 128 valence electrons. The minimum Gasteiger partial charge on any atom is -0.337 e. The van der Waals surface area contributed by atoms with Gasteiger partial charge in [-0.25, -0.2) is 0 Å². The topological polar surface area (TPSA) is 55.1 Å². The third-order valence-electron chi connectivity index (χ3n) is 4.57. The number of halogens is 1. The Hall–Kier alpha value is -2.24. The van der Waals surface area contributed by atoms with E-state index in [4.69, 9.17) is 16.1 Å². The van der Waals surface area contributed by atoms with E-state index in [9.17, 15) is 0 Å². The first kappa shape index (κ1) is 16.2. The van der Waals surface area contributed by atoms with Gasteiger partial charge in [0.25, 0.3) is 0 Å². The molecule has 1 aliphatic rings. The summed E-state index contributed by atoms with van der Waals surface area (Å²) in [7, 11) is 0. The Bertz CT molecular complexity index is 819. The average Bonchev–Trinajstić information content (AvgIpc) is 3.12. The molecule has 6 heteroatoms. The third-order valence-corrected chi connectivity index (χ3v) is 4.82. The summed E-state index contributed by atoms with van der Waals surface area (Å²) in [5, 5.41) is 4.83. The molecule has 5 nitrogen and oxygen atoms in total. The monoisotopic (exact) mass is 354 g/mol. The molecule has 1 saturated heterocycles. The summed E-state index contributed by atoms with van der Waals surface area (Å²) in [6.45, 7) is 2.71. The molecule has 0 N–H and O–H groups in total. The van der Waals surface area contributed by atoms with Crippen molar-refractivity contribution in [3.63, 3.8) is 0 Å². The molecule has 1 aliphatic heterocycles. The van der Waals surface area contributed by atoms with E-state index in [0.29, 0.717) is 24.2 Å². The summed E-state index contributed by atoms with van der Waals surface area (Å²) in [4.78, 5) is 11.1. The van der Waals surface area contributed by atoms with Crippen molar-refractivity contribution in [2.45, 2.75) is 25.3 Å². The van der Waals surface area contributed by atoms with Crippen molar-refractivity contribution in [2.75, 3.05) is 13.1 Å². The summed E-state index contributed by atoms with van der Waals surface area (Å²) in [5.41, 5.74) is 2.07. The second-order valence-corrected chi connectivity index (χ2v) is 6.79. The molecule has 0 amide bonds. The Labute approximate surface area is 151 Å². The molecule has 4 rings (SSSR count). The standard InChI is InChI=1S/C19H19ClN4O/c20-16-8-6-14(7-9-16)15-4-3-11-24(12-15)13-18-22-19(23-25-18)17-5-1-2-10-21-17/h1-2,5-10,15H,3-4,11-13H2. The van der Waals surface area contributed by atoms with Gasteiger partial charge in [-0.15, -0.1) is 0 Å². The van der Waals surface area contributed by atoms with Crippen LogP contribution in [0, 0.1) is 0 Å². The molecule has 0 bridgehead atoms. The number of hydrogen-bond acceptors (Lipinski definition) is 5. The van der Waals surface area contributed by atoms with Gasteiger partial charge in [0, 0.05) is 17.8 Å². The van der Waals surface area contributed by atoms with Crippen LogP contribution in [-0.2, 0) is 6.54 Å². The molecule has 0 saturated carbocycles. The Morgan fingerprint density at radius 1 is 1.16 bits per heavy atom. The number of rotatable bonds is 4. The van der Waals surface area contributed by atoms with Gasteiger partial charge in [0.05, 0.1) is 6.54 Å². The van der Waals surface area contributed by atoms with Crippen LogP contribution in [0.1, 0.15) is 30.2 Å². The summed E-state index contributed by atoms with van der Waals surface area (Å²) in [6, 6.07) is 13.9. The van der Waals surface area contributed by atoms with Crippen LogP contribution >= 0.6 is 11.6 Å². The van der Waals surface area contributed by atoms with Crippen molar-refractivity contribution in [1.82, 2.24) is 20.0 Å². The van der Waals surface area contributed by atoms with Crippen molar-refractivity contribution in [3.8, 4) is 11.5 Å². The van der Waals surface area contributed by atoms with Gasteiger partial charge in [0.2, 0.25) is 11.7 Å². The maximum absolute atomic E-state index is 6.00. The van der Waals surface area contributed by atoms with E-state index in [1.54, 1.807) is 6.20 Å². The molecule has 1 aromatic carbocycles. The number of pyridine rings is 1. The van der Waals surface area contributed by atoms with E-state index < -0.39 is 0 Å². The second kappa shape index (κ2) is 7.33. The predicted molar refractivity (Wildman–Crippen MR) is 96.2 cm³/mol. The number of likely N-dealkylation sites (tertiary alicyclic amines) is 1. The first-order valence-electron chi connectivity index (χ1n) is 8.50. The highest BCUT2D eigenvalue weighted by Crippen LogP contribution is 2.28. The number of aromatic nitrogens is 3. The normalized spacial score (nSPS) is 18.4. The lowest BCUT2D eigenvalue weighted by atomic mass is 9.91. The van der Waals surface area contributed by atoms with Crippen LogP contribution in [0.3, 0.4) is 0 Å². The van der Waals surface area contributed by atoms with Crippen LogP contribution in [0.4, 0.5) is 0 Å². The first-order valence-corrected chi connectivity index (χ1v) is 8.87. The zero-order valence-electron chi connectivity index (χ0n) is 13.8. The van der Waals surface area contributed by atoms with E-state index >= 15 is 0 Å². The minimum atomic E-state index is 0.518. The van der Waals surface area contributed by atoms with Crippen molar-refractivity contribution in [2.24, 2.45) is 0 Å². The quantitative estimate of drug-likeness (QED) is 0.704. The lowest BCUT2D eigenvalue weighted by Gasteiger charge is -2.32. The van der Waals surface area contributed by atoms with Gasteiger partial charge in [-0.2, -0.15) is 4.98 Å². The lowest BCUT2D eigenvalue weighted by Crippen LogP contribution is -2.34. The summed E-state index contributed by atoms with van der Waals surface area (Å²) >= 11 is 6.00. The molecule has 1 atom stereocenters. The number of hydrogen-bond donors (Lipinski definition) is 0. The predicted octanol–water partition coefficient (Wildman–Crippen LogP) is 4.16. The Morgan fingerprint density at radius 3 is 2.84 bits per heavy atom. The van der Waals surface area contributed by atoms with Crippen LogP contribution in [0.25, 0.3) is 11.5 Å². The van der Waals surface area contributed by atoms with Gasteiger partial charge in [0.1, 0.15) is 5.69 Å². The fourth-order valence-electron chi connectivity index (χ4n) is 3.32. The second-order valence-electron chi connectivity index (χ2n) is 6.35. The average molecular weight is 355 g/mol.